The highest BCUT2D eigenvalue weighted by Crippen LogP contribution is 2.39. The summed E-state index contributed by atoms with van der Waals surface area (Å²) in [5, 5.41) is 12.2. The topological polar surface area (TPSA) is 23.5 Å². The number of quaternary nitrogens is 1. The quantitative estimate of drug-likeness (QED) is 0.403. The Balaban J connectivity index is 3.08. The van der Waals surface area contributed by atoms with E-state index in [4.69, 9.17) is 0 Å². The van der Waals surface area contributed by atoms with Gasteiger partial charge in [0.25, 0.3) is 0 Å². The highest BCUT2D eigenvalue weighted by molar-refractivity contribution is 5.30. The van der Waals surface area contributed by atoms with Gasteiger partial charge in [0.05, 0.1) is 30.7 Å². The molecule has 0 aromatic carbocycles. The van der Waals surface area contributed by atoms with E-state index in [2.05, 4.69) is 54.5 Å². The van der Waals surface area contributed by atoms with E-state index in [9.17, 15) is 5.21 Å². The predicted molar refractivity (Wildman–Crippen MR) is 104 cm³/mol. The minimum absolute atomic E-state index is 0.266. The van der Waals surface area contributed by atoms with Crippen LogP contribution in [0.5, 0.6) is 0 Å². The van der Waals surface area contributed by atoms with Gasteiger partial charge in [-0.25, -0.2) is 0 Å². The summed E-state index contributed by atoms with van der Waals surface area (Å²) in [7, 11) is 0. The molecule has 0 spiro atoms. The van der Waals surface area contributed by atoms with Crippen LogP contribution in [0.15, 0.2) is 11.6 Å². The number of hydrogen-bond acceptors (Lipinski definition) is 2. The van der Waals surface area contributed by atoms with Crippen molar-refractivity contribution in [3.05, 3.63) is 11.6 Å². The van der Waals surface area contributed by atoms with Crippen LogP contribution in [0.25, 0.3) is 0 Å². The summed E-state index contributed by atoms with van der Waals surface area (Å²) >= 11 is 0. The predicted octanol–water partition coefficient (Wildman–Crippen LogP) is 5.39. The van der Waals surface area contributed by atoms with Gasteiger partial charge in [-0.05, 0) is 47.0 Å². The van der Waals surface area contributed by atoms with E-state index in [1.54, 1.807) is 5.06 Å². The molecule has 0 atom stereocenters. The van der Waals surface area contributed by atoms with E-state index >= 15 is 0 Å². The Morgan fingerprint density at radius 2 is 1.29 bits per heavy atom. The van der Waals surface area contributed by atoms with Crippen LogP contribution >= 0.6 is 0 Å². The van der Waals surface area contributed by atoms with Gasteiger partial charge in [0.2, 0.25) is 0 Å². The summed E-state index contributed by atoms with van der Waals surface area (Å²) in [5.74, 6) is 0. The first-order valence-electron chi connectivity index (χ1n) is 10.2. The molecule has 3 nitrogen and oxygen atoms in total. The first-order valence-corrected chi connectivity index (χ1v) is 10.2. The summed E-state index contributed by atoms with van der Waals surface area (Å²) in [5.41, 5.74) is 0.880. The van der Waals surface area contributed by atoms with E-state index in [1.165, 1.54) is 68.2 Å². The molecule has 1 aliphatic heterocycles. The van der Waals surface area contributed by atoms with Gasteiger partial charge < -0.3 is 9.69 Å². The second-order valence-corrected chi connectivity index (χ2v) is 8.93. The van der Waals surface area contributed by atoms with Crippen molar-refractivity contribution in [1.29, 1.82) is 0 Å². The zero-order valence-electron chi connectivity index (χ0n) is 17.5. The van der Waals surface area contributed by atoms with E-state index in [1.807, 2.05) is 0 Å². The fraction of sp³-hybridized carbons (Fsp3) is 0.905. The Morgan fingerprint density at radius 3 is 1.58 bits per heavy atom. The van der Waals surface area contributed by atoms with Gasteiger partial charge >= 0.3 is 0 Å². The summed E-state index contributed by atoms with van der Waals surface area (Å²) in [6, 6.07) is 0. The van der Waals surface area contributed by atoms with E-state index in [-0.39, 0.29) is 11.1 Å². The molecular weight excluding hydrogens is 296 g/mol. The SMILES string of the molecule is CCCC[N+](CCCC)(CCCC)CC1=CC(C)(C)N(O)C1(C)C. The molecule has 1 aliphatic rings. The average Bonchev–Trinajstić information content (AvgIpc) is 2.68. The lowest BCUT2D eigenvalue weighted by Crippen LogP contribution is -2.54. The van der Waals surface area contributed by atoms with Gasteiger partial charge in [0.15, 0.2) is 0 Å². The van der Waals surface area contributed by atoms with Crippen molar-refractivity contribution in [2.75, 3.05) is 26.2 Å². The summed E-state index contributed by atoms with van der Waals surface area (Å²) < 4.78 is 1.20. The molecule has 0 radical (unpaired) electrons. The standard InChI is InChI=1S/C21H43N2O/c1-8-11-14-23(15-12-9-2,16-13-10-3)18-19-17-20(4,5)22(24)21(19,6)7/h17,24H,8-16,18H2,1-7H3/q+1. The first kappa shape index (κ1) is 21.7. The lowest BCUT2D eigenvalue weighted by atomic mass is 9.94. The van der Waals surface area contributed by atoms with Crippen molar-refractivity contribution in [3.63, 3.8) is 0 Å². The maximum Gasteiger partial charge on any atom is 0.102 e. The van der Waals surface area contributed by atoms with Gasteiger partial charge in [-0.15, -0.1) is 0 Å². The van der Waals surface area contributed by atoms with Crippen molar-refractivity contribution < 1.29 is 9.69 Å². The molecule has 0 unspecified atom stereocenters. The Kier molecular flexibility index (Phi) is 7.96. The van der Waals surface area contributed by atoms with Crippen LogP contribution in [0.2, 0.25) is 0 Å². The molecule has 0 aromatic rings. The molecule has 142 valence electrons. The molecule has 0 aromatic heterocycles. The second kappa shape index (κ2) is 8.82. The van der Waals surface area contributed by atoms with Crippen LogP contribution in [0.4, 0.5) is 0 Å². The molecular formula is C21H43N2O+. The molecule has 0 amide bonds. The van der Waals surface area contributed by atoms with Gasteiger partial charge in [-0.3, -0.25) is 0 Å². The van der Waals surface area contributed by atoms with Crippen molar-refractivity contribution in [1.82, 2.24) is 5.06 Å². The fourth-order valence-corrected chi connectivity index (χ4v) is 4.17. The van der Waals surface area contributed by atoms with Crippen molar-refractivity contribution in [3.8, 4) is 0 Å². The summed E-state index contributed by atoms with van der Waals surface area (Å²) in [4.78, 5) is 0. The summed E-state index contributed by atoms with van der Waals surface area (Å²) in [6.45, 7) is 20.4. The van der Waals surface area contributed by atoms with Crippen molar-refractivity contribution >= 4 is 0 Å². The molecule has 0 fully saturated rings. The average molecular weight is 340 g/mol. The zero-order chi connectivity index (χ0) is 18.4. The van der Waals surface area contributed by atoms with E-state index in [0.717, 1.165) is 6.54 Å². The van der Waals surface area contributed by atoms with Crippen LogP contribution in [0, 0.1) is 0 Å². The van der Waals surface area contributed by atoms with Crippen LogP contribution in [-0.4, -0.2) is 52.0 Å². The third-order valence-electron chi connectivity index (χ3n) is 5.85. The molecule has 1 heterocycles. The van der Waals surface area contributed by atoms with Crippen LogP contribution in [0.1, 0.15) is 87.0 Å². The monoisotopic (exact) mass is 339 g/mol. The minimum Gasteiger partial charge on any atom is -0.320 e. The number of nitrogens with zero attached hydrogens (tertiary/aromatic N) is 2. The number of hydroxylamine groups is 2. The van der Waals surface area contributed by atoms with E-state index < -0.39 is 0 Å². The van der Waals surface area contributed by atoms with Gasteiger partial charge in [0.1, 0.15) is 6.54 Å². The largest absolute Gasteiger partial charge is 0.320 e. The Morgan fingerprint density at radius 1 is 0.875 bits per heavy atom. The highest BCUT2D eigenvalue weighted by Gasteiger charge is 2.47. The van der Waals surface area contributed by atoms with Crippen molar-refractivity contribution in [2.24, 2.45) is 0 Å². The maximum absolute atomic E-state index is 10.7. The Hall–Kier alpha value is -0.380. The third-order valence-corrected chi connectivity index (χ3v) is 5.85. The molecule has 0 aliphatic carbocycles. The summed E-state index contributed by atoms with van der Waals surface area (Å²) in [6.07, 6.45) is 10.0. The highest BCUT2D eigenvalue weighted by atomic mass is 16.5. The number of hydrogen-bond donors (Lipinski definition) is 1. The molecule has 3 heteroatoms. The molecule has 24 heavy (non-hydrogen) atoms. The normalized spacial score (nSPS) is 20.4. The zero-order valence-corrected chi connectivity index (χ0v) is 17.5. The fourth-order valence-electron chi connectivity index (χ4n) is 4.17. The molecule has 1 rings (SSSR count). The molecule has 0 saturated heterocycles. The van der Waals surface area contributed by atoms with Crippen LogP contribution in [-0.2, 0) is 0 Å². The minimum atomic E-state index is -0.269. The molecule has 0 saturated carbocycles. The second-order valence-electron chi connectivity index (χ2n) is 8.93. The number of unbranched alkanes of at least 4 members (excludes halogenated alkanes) is 3. The van der Waals surface area contributed by atoms with Crippen LogP contribution < -0.4 is 0 Å². The van der Waals surface area contributed by atoms with Crippen LogP contribution in [0.3, 0.4) is 0 Å². The van der Waals surface area contributed by atoms with Gasteiger partial charge in [-0.2, -0.15) is 5.06 Å². The van der Waals surface area contributed by atoms with Gasteiger partial charge in [0, 0.05) is 5.57 Å². The smallest absolute Gasteiger partial charge is 0.102 e. The Bertz CT molecular complexity index is 390. The van der Waals surface area contributed by atoms with Crippen molar-refractivity contribution in [2.45, 2.75) is 98.1 Å². The molecule has 0 bridgehead atoms. The van der Waals surface area contributed by atoms with Gasteiger partial charge in [-0.1, -0.05) is 46.1 Å². The number of rotatable bonds is 11. The lowest BCUT2D eigenvalue weighted by Gasteiger charge is -2.43. The molecule has 1 N–H and O–H groups in total. The Labute approximate surface area is 151 Å². The lowest BCUT2D eigenvalue weighted by molar-refractivity contribution is -0.924. The maximum atomic E-state index is 10.7. The first-order chi connectivity index (χ1) is 11.1. The van der Waals surface area contributed by atoms with E-state index in [0.29, 0.717) is 0 Å². The third kappa shape index (κ3) is 5.06.